The smallest absolute Gasteiger partial charge is 0.245 e. The number of hydrogen-bond acceptors (Lipinski definition) is 8. The number of nitrogens with zero attached hydrogens (tertiary/aromatic N) is 2. The maximum atomic E-state index is 13.0. The van der Waals surface area contributed by atoms with Gasteiger partial charge in [0.1, 0.15) is 17.9 Å². The first-order valence-electron chi connectivity index (χ1n) is 8.32. The van der Waals surface area contributed by atoms with Gasteiger partial charge in [-0.1, -0.05) is 47.7 Å². The van der Waals surface area contributed by atoms with Crippen molar-refractivity contribution in [1.82, 2.24) is 20.5 Å². The average Bonchev–Trinajstić information content (AvgIpc) is 3.16. The topological polar surface area (TPSA) is 126 Å². The number of nitrogens with two attached hydrogens (primary N) is 1. The van der Waals surface area contributed by atoms with E-state index in [4.69, 9.17) is 18.0 Å². The highest BCUT2D eigenvalue weighted by Gasteiger charge is 2.42. The van der Waals surface area contributed by atoms with E-state index in [0.29, 0.717) is 20.9 Å². The fraction of sp³-hybridized carbons (Fsp3) is 0.167. The Morgan fingerprint density at radius 1 is 1.32 bits per heavy atom. The Bertz CT molecular complexity index is 992. The molecule has 144 valence electrons. The summed E-state index contributed by atoms with van der Waals surface area (Å²) in [6.45, 7) is 0.241. The number of aldehydes is 1. The molecule has 0 aliphatic rings. The van der Waals surface area contributed by atoms with Gasteiger partial charge >= 0.3 is 0 Å². The molecular weight excluding hydrogens is 396 g/mol. The summed E-state index contributed by atoms with van der Waals surface area (Å²) in [5.74, 6) is -0.455. The van der Waals surface area contributed by atoms with Crippen LogP contribution in [0.15, 0.2) is 54.9 Å². The van der Waals surface area contributed by atoms with Crippen LogP contribution < -0.4 is 16.4 Å². The van der Waals surface area contributed by atoms with Crippen molar-refractivity contribution in [2.45, 2.75) is 18.1 Å². The minimum atomic E-state index is -1.62. The van der Waals surface area contributed by atoms with Crippen LogP contribution in [0.1, 0.15) is 11.1 Å². The van der Waals surface area contributed by atoms with Crippen LogP contribution in [0.25, 0.3) is 0 Å². The number of hydrogen-bond donors (Lipinski definition) is 4. The predicted molar refractivity (Wildman–Crippen MR) is 109 cm³/mol. The highest BCUT2D eigenvalue weighted by molar-refractivity contribution is 7.73. The second-order valence-electron chi connectivity index (χ2n) is 5.99. The van der Waals surface area contributed by atoms with Gasteiger partial charge in [-0.15, -0.1) is 5.10 Å². The number of aromatic amines is 1. The van der Waals surface area contributed by atoms with Crippen LogP contribution in [-0.4, -0.2) is 33.4 Å². The summed E-state index contributed by atoms with van der Waals surface area (Å²) in [5, 5.41) is 12.8. The van der Waals surface area contributed by atoms with Gasteiger partial charge < -0.3 is 21.2 Å². The molecule has 2 atom stereocenters. The molecule has 2 heterocycles. The molecular formula is C18H18N6O2S2. The minimum absolute atomic E-state index is 0.241. The van der Waals surface area contributed by atoms with Crippen molar-refractivity contribution in [2.75, 3.05) is 5.32 Å². The van der Waals surface area contributed by atoms with Crippen LogP contribution in [0.2, 0.25) is 0 Å². The molecule has 8 nitrogen and oxygen atoms in total. The van der Waals surface area contributed by atoms with E-state index in [1.807, 2.05) is 6.07 Å². The van der Waals surface area contributed by atoms with Crippen molar-refractivity contribution in [1.29, 1.82) is 0 Å². The number of benzene rings is 1. The van der Waals surface area contributed by atoms with E-state index in [1.165, 1.54) is 0 Å². The zero-order valence-electron chi connectivity index (χ0n) is 14.7. The molecule has 0 aliphatic heterocycles. The van der Waals surface area contributed by atoms with Gasteiger partial charge in [0.2, 0.25) is 11.0 Å². The van der Waals surface area contributed by atoms with Crippen LogP contribution in [0, 0.1) is 3.95 Å². The summed E-state index contributed by atoms with van der Waals surface area (Å²) >= 11 is 6.18. The molecule has 0 saturated heterocycles. The lowest BCUT2D eigenvalue weighted by atomic mass is 9.84. The highest BCUT2D eigenvalue weighted by Crippen LogP contribution is 2.24. The molecule has 1 amide bonds. The van der Waals surface area contributed by atoms with Crippen molar-refractivity contribution in [3.63, 3.8) is 0 Å². The zero-order valence-corrected chi connectivity index (χ0v) is 16.3. The van der Waals surface area contributed by atoms with Gasteiger partial charge in [0.05, 0.1) is 0 Å². The molecule has 0 saturated carbocycles. The van der Waals surface area contributed by atoms with Crippen molar-refractivity contribution in [3.05, 3.63) is 69.9 Å². The molecule has 0 bridgehead atoms. The number of carbonyl (C=O) groups is 2. The lowest BCUT2D eigenvalue weighted by Crippen LogP contribution is -2.59. The van der Waals surface area contributed by atoms with Crippen LogP contribution >= 0.6 is 23.6 Å². The van der Waals surface area contributed by atoms with Crippen LogP contribution in [-0.2, 0) is 21.7 Å². The molecule has 0 radical (unpaired) electrons. The number of amides is 1. The maximum Gasteiger partial charge on any atom is 0.245 e. The number of H-pyrrole nitrogens is 1. The summed E-state index contributed by atoms with van der Waals surface area (Å²) in [7, 11) is 0. The van der Waals surface area contributed by atoms with Gasteiger partial charge in [-0.05, 0) is 29.4 Å². The Labute approximate surface area is 170 Å². The molecule has 10 heteroatoms. The van der Waals surface area contributed by atoms with E-state index in [2.05, 4.69) is 25.8 Å². The van der Waals surface area contributed by atoms with Gasteiger partial charge in [-0.3, -0.25) is 14.9 Å². The van der Waals surface area contributed by atoms with Gasteiger partial charge in [-0.2, -0.15) is 0 Å². The maximum absolute atomic E-state index is 13.0. The number of rotatable bonds is 8. The standard InChI is InChI=1S/C18H18N6O2S2/c19-18(11-25,13-6-2-1-3-7-13)14(22-16-23-24-17(27)28-16)15(26)21-10-12-5-4-8-20-9-12/h1-9,11,14H,10,19H2,(H,21,26)(H,22,23)(H,24,27). The molecule has 3 rings (SSSR count). The Kier molecular flexibility index (Phi) is 6.24. The second kappa shape index (κ2) is 8.83. The van der Waals surface area contributed by atoms with Crippen molar-refractivity contribution in [2.24, 2.45) is 5.73 Å². The van der Waals surface area contributed by atoms with Crippen molar-refractivity contribution < 1.29 is 9.59 Å². The molecule has 28 heavy (non-hydrogen) atoms. The first kappa shape index (κ1) is 19.8. The van der Waals surface area contributed by atoms with Crippen molar-refractivity contribution in [3.8, 4) is 0 Å². The molecule has 5 N–H and O–H groups in total. The lowest BCUT2D eigenvalue weighted by molar-refractivity contribution is -0.126. The van der Waals surface area contributed by atoms with E-state index >= 15 is 0 Å². The normalized spacial score (nSPS) is 13.9. The molecule has 2 aromatic heterocycles. The Morgan fingerprint density at radius 3 is 2.71 bits per heavy atom. The highest BCUT2D eigenvalue weighted by atomic mass is 32.1. The Morgan fingerprint density at radius 2 is 2.11 bits per heavy atom. The van der Waals surface area contributed by atoms with Crippen LogP contribution in [0.3, 0.4) is 0 Å². The summed E-state index contributed by atoms with van der Waals surface area (Å²) in [6.07, 6.45) is 3.86. The first-order valence-corrected chi connectivity index (χ1v) is 9.55. The van der Waals surface area contributed by atoms with Crippen LogP contribution in [0.4, 0.5) is 5.13 Å². The predicted octanol–water partition coefficient (Wildman–Crippen LogP) is 1.75. The molecule has 0 aliphatic carbocycles. The molecule has 0 spiro atoms. The van der Waals surface area contributed by atoms with E-state index in [1.54, 1.807) is 48.8 Å². The molecule has 3 aromatic rings. The van der Waals surface area contributed by atoms with Crippen LogP contribution in [0.5, 0.6) is 0 Å². The number of aromatic nitrogens is 3. The number of anilines is 1. The Balaban J connectivity index is 1.90. The largest absolute Gasteiger partial charge is 0.350 e. The molecule has 2 unspecified atom stereocenters. The van der Waals surface area contributed by atoms with E-state index in [9.17, 15) is 9.59 Å². The number of nitrogens with one attached hydrogen (secondary N) is 3. The monoisotopic (exact) mass is 414 g/mol. The van der Waals surface area contributed by atoms with E-state index < -0.39 is 17.5 Å². The van der Waals surface area contributed by atoms with E-state index in [0.717, 1.165) is 16.9 Å². The second-order valence-corrected chi connectivity index (χ2v) is 7.66. The van der Waals surface area contributed by atoms with Gasteiger partial charge in [0.25, 0.3) is 0 Å². The zero-order chi connectivity index (χ0) is 20.0. The number of carbonyl (C=O) groups excluding carboxylic acids is 2. The summed E-state index contributed by atoms with van der Waals surface area (Å²) in [6, 6.07) is 11.2. The summed E-state index contributed by atoms with van der Waals surface area (Å²) in [5.41, 5.74) is 6.12. The third kappa shape index (κ3) is 4.47. The fourth-order valence-corrected chi connectivity index (χ4v) is 3.46. The van der Waals surface area contributed by atoms with Gasteiger partial charge in [0, 0.05) is 18.9 Å². The SMILES string of the molecule is NC(C=O)(c1ccccc1)C(Nc1n[nH]c(=S)s1)C(=O)NCc1cccnc1. The molecule has 0 fully saturated rings. The summed E-state index contributed by atoms with van der Waals surface area (Å²) < 4.78 is 0.436. The lowest BCUT2D eigenvalue weighted by Gasteiger charge is -2.32. The summed E-state index contributed by atoms with van der Waals surface area (Å²) in [4.78, 5) is 29.1. The third-order valence-corrected chi connectivity index (χ3v) is 5.12. The van der Waals surface area contributed by atoms with Gasteiger partial charge in [0.15, 0.2) is 3.95 Å². The quantitative estimate of drug-likeness (QED) is 0.327. The molecule has 1 aromatic carbocycles. The minimum Gasteiger partial charge on any atom is -0.350 e. The van der Waals surface area contributed by atoms with Crippen molar-refractivity contribution >= 4 is 40.9 Å². The first-order chi connectivity index (χ1) is 13.5. The average molecular weight is 415 g/mol. The number of pyridine rings is 1. The fourth-order valence-electron chi connectivity index (χ4n) is 2.64. The Hall–Kier alpha value is -2.95. The third-order valence-electron chi connectivity index (χ3n) is 4.10. The van der Waals surface area contributed by atoms with Gasteiger partial charge in [-0.25, -0.2) is 0 Å². The van der Waals surface area contributed by atoms with E-state index in [-0.39, 0.29) is 6.54 Å².